The monoisotopic (exact) mass is 408 g/mol. The van der Waals surface area contributed by atoms with Gasteiger partial charge in [0.2, 0.25) is 5.95 Å². The Labute approximate surface area is 182 Å². The highest BCUT2D eigenvalue weighted by atomic mass is 16.1. The number of Topliss-reactive ketones (excluding diaryl/α,β-unsaturated/α-hetero) is 1. The topological polar surface area (TPSA) is 78.7 Å². The van der Waals surface area contributed by atoms with E-state index in [1.165, 1.54) is 0 Å². The van der Waals surface area contributed by atoms with Gasteiger partial charge in [-0.25, -0.2) is 9.97 Å². The zero-order chi connectivity index (χ0) is 21.4. The summed E-state index contributed by atoms with van der Waals surface area (Å²) in [5, 5.41) is 13.1. The predicted octanol–water partition coefficient (Wildman–Crippen LogP) is 4.82. The van der Waals surface area contributed by atoms with Crippen LogP contribution in [0.4, 0.5) is 11.6 Å². The number of rotatable bonds is 3. The van der Waals surface area contributed by atoms with E-state index in [0.717, 1.165) is 35.3 Å². The van der Waals surface area contributed by atoms with Gasteiger partial charge in [-0.3, -0.25) is 4.79 Å². The molecular weight excluding hydrogens is 384 g/mol. The van der Waals surface area contributed by atoms with Crippen LogP contribution in [0.25, 0.3) is 0 Å². The molecule has 0 amide bonds. The Morgan fingerprint density at radius 2 is 1.81 bits per heavy atom. The molecule has 1 fully saturated rings. The second kappa shape index (κ2) is 7.63. The number of hydrogen-bond donors (Lipinski definition) is 1. The number of hydrogen-bond acceptors (Lipinski definition) is 5. The van der Waals surface area contributed by atoms with Gasteiger partial charge in [-0.1, -0.05) is 55.5 Å². The molecule has 0 saturated heterocycles. The average Bonchev–Trinajstić information content (AvgIpc) is 2.82. The molecule has 0 aliphatic heterocycles. The number of ketones is 1. The zero-order valence-electron chi connectivity index (χ0n) is 17.5. The number of nitrogens with one attached hydrogen (secondary N) is 1. The van der Waals surface area contributed by atoms with E-state index in [2.05, 4.69) is 28.5 Å². The molecule has 1 saturated carbocycles. The second-order valence-corrected chi connectivity index (χ2v) is 8.62. The van der Waals surface area contributed by atoms with Gasteiger partial charge in [0, 0.05) is 23.2 Å². The first-order valence-electron chi connectivity index (χ1n) is 10.8. The largest absolute Gasteiger partial charge is 0.324 e. The van der Waals surface area contributed by atoms with Crippen LogP contribution in [0.2, 0.25) is 0 Å². The highest BCUT2D eigenvalue weighted by Gasteiger charge is 2.56. The number of carbonyl (C=O) groups excluding carboxylic acids is 1. The number of nitrogens with zero attached hydrogens (tertiary/aromatic N) is 3. The van der Waals surface area contributed by atoms with Crippen LogP contribution < -0.4 is 5.32 Å². The van der Waals surface area contributed by atoms with Crippen LogP contribution >= 0.6 is 0 Å². The van der Waals surface area contributed by atoms with E-state index in [9.17, 15) is 10.1 Å². The Morgan fingerprint density at radius 1 is 1.10 bits per heavy atom. The first kappa shape index (κ1) is 19.4. The number of benzene rings is 2. The van der Waals surface area contributed by atoms with Crippen molar-refractivity contribution in [2.45, 2.75) is 31.6 Å². The summed E-state index contributed by atoms with van der Waals surface area (Å²) < 4.78 is 0. The molecule has 31 heavy (non-hydrogen) atoms. The molecule has 1 aromatic heterocycles. The lowest BCUT2D eigenvalue weighted by atomic mass is 9.51. The molecule has 0 spiro atoms. The van der Waals surface area contributed by atoms with Gasteiger partial charge < -0.3 is 5.32 Å². The lowest BCUT2D eigenvalue weighted by molar-refractivity contribution is -0.131. The minimum atomic E-state index is -0.627. The first-order valence-corrected chi connectivity index (χ1v) is 10.8. The Balaban J connectivity index is 1.69. The van der Waals surface area contributed by atoms with Crippen molar-refractivity contribution < 1.29 is 4.79 Å². The number of fused-ring (bicyclic) bond motifs is 3. The molecule has 5 nitrogen and oxygen atoms in total. The van der Waals surface area contributed by atoms with Crippen molar-refractivity contribution >= 4 is 17.4 Å². The van der Waals surface area contributed by atoms with Crippen LogP contribution in [-0.2, 0) is 16.6 Å². The van der Waals surface area contributed by atoms with E-state index in [1.54, 1.807) is 0 Å². The fraction of sp³-hybridized carbons (Fsp3) is 0.308. The molecule has 2 aromatic carbocycles. The maximum absolute atomic E-state index is 12.9. The molecular formula is C26H24N4O. The standard InChI is InChI=1S/C26H24N4O/c1-17-22-13-12-18-16-28-25(29-21-10-6-3-7-11-21)30-24(18)26(22,14-19(15-27)23(17)31)20-8-4-2-5-9-20/h2-11,16-17,19,22H,12-14H2,1H3,(H,28,29,30)/t17-,19-,22-,26+/m0/s1. The van der Waals surface area contributed by atoms with Gasteiger partial charge in [0.15, 0.2) is 5.78 Å². The molecule has 1 heterocycles. The molecule has 154 valence electrons. The van der Waals surface area contributed by atoms with E-state index >= 15 is 0 Å². The Morgan fingerprint density at radius 3 is 2.52 bits per heavy atom. The van der Waals surface area contributed by atoms with E-state index in [0.29, 0.717) is 12.4 Å². The Bertz CT molecular complexity index is 1160. The lowest BCUT2D eigenvalue weighted by Gasteiger charge is -2.51. The number of para-hydroxylation sites is 1. The summed E-state index contributed by atoms with van der Waals surface area (Å²) in [4.78, 5) is 22.5. The lowest BCUT2D eigenvalue weighted by Crippen LogP contribution is -2.53. The third-order valence-corrected chi connectivity index (χ3v) is 7.04. The summed E-state index contributed by atoms with van der Waals surface area (Å²) in [6.45, 7) is 1.99. The summed E-state index contributed by atoms with van der Waals surface area (Å²) in [6, 6.07) is 22.4. The molecule has 2 aliphatic rings. The maximum Gasteiger partial charge on any atom is 0.227 e. The van der Waals surface area contributed by atoms with Crippen LogP contribution in [-0.4, -0.2) is 15.8 Å². The van der Waals surface area contributed by atoms with Crippen molar-refractivity contribution in [2.75, 3.05) is 5.32 Å². The van der Waals surface area contributed by atoms with Crippen LogP contribution in [0.3, 0.4) is 0 Å². The fourth-order valence-corrected chi connectivity index (χ4v) is 5.60. The minimum absolute atomic E-state index is 0.0687. The second-order valence-electron chi connectivity index (χ2n) is 8.62. The van der Waals surface area contributed by atoms with Crippen LogP contribution in [0.15, 0.2) is 66.9 Å². The summed E-state index contributed by atoms with van der Waals surface area (Å²) in [7, 11) is 0. The van der Waals surface area contributed by atoms with Gasteiger partial charge in [-0.15, -0.1) is 0 Å². The van der Waals surface area contributed by atoms with Gasteiger partial charge >= 0.3 is 0 Å². The van der Waals surface area contributed by atoms with Gasteiger partial charge in [-0.2, -0.15) is 5.26 Å². The van der Waals surface area contributed by atoms with Crippen molar-refractivity contribution in [3.05, 3.63) is 83.7 Å². The quantitative estimate of drug-likeness (QED) is 0.672. The number of aromatic nitrogens is 2. The van der Waals surface area contributed by atoms with Crippen molar-refractivity contribution in [1.82, 2.24) is 9.97 Å². The normalized spacial score (nSPS) is 27.0. The summed E-state index contributed by atoms with van der Waals surface area (Å²) >= 11 is 0. The third kappa shape index (κ3) is 3.11. The molecule has 5 rings (SSSR count). The van der Waals surface area contributed by atoms with Gasteiger partial charge in [0.05, 0.1) is 11.8 Å². The first-order chi connectivity index (χ1) is 15.1. The molecule has 2 aliphatic carbocycles. The summed E-state index contributed by atoms with van der Waals surface area (Å²) in [5.41, 5.74) is 3.65. The van der Waals surface area contributed by atoms with Crippen LogP contribution in [0, 0.1) is 29.1 Å². The van der Waals surface area contributed by atoms with E-state index in [1.807, 2.05) is 61.7 Å². The van der Waals surface area contributed by atoms with Crippen molar-refractivity contribution in [3.63, 3.8) is 0 Å². The van der Waals surface area contributed by atoms with E-state index in [4.69, 9.17) is 4.98 Å². The highest BCUT2D eigenvalue weighted by Crippen LogP contribution is 2.55. The van der Waals surface area contributed by atoms with Gasteiger partial charge in [-0.05, 0) is 48.4 Å². The van der Waals surface area contributed by atoms with Crippen molar-refractivity contribution in [3.8, 4) is 6.07 Å². The highest BCUT2D eigenvalue weighted by molar-refractivity contribution is 5.87. The van der Waals surface area contributed by atoms with Gasteiger partial charge in [0.1, 0.15) is 5.92 Å². The summed E-state index contributed by atoms with van der Waals surface area (Å²) in [6.07, 6.45) is 4.12. The Kier molecular flexibility index (Phi) is 4.78. The smallest absolute Gasteiger partial charge is 0.227 e. The third-order valence-electron chi connectivity index (χ3n) is 7.04. The molecule has 4 atom stereocenters. The minimum Gasteiger partial charge on any atom is -0.324 e. The predicted molar refractivity (Wildman–Crippen MR) is 119 cm³/mol. The molecule has 0 bridgehead atoms. The Hall–Kier alpha value is -3.52. The molecule has 5 heteroatoms. The van der Waals surface area contributed by atoms with Crippen molar-refractivity contribution in [1.29, 1.82) is 5.26 Å². The fourth-order valence-electron chi connectivity index (χ4n) is 5.60. The summed E-state index contributed by atoms with van der Waals surface area (Å²) in [5.74, 6) is -0.0951. The molecule has 3 aromatic rings. The van der Waals surface area contributed by atoms with Gasteiger partial charge in [0.25, 0.3) is 0 Å². The van der Waals surface area contributed by atoms with E-state index < -0.39 is 11.3 Å². The van der Waals surface area contributed by atoms with E-state index in [-0.39, 0.29) is 17.6 Å². The number of aryl methyl sites for hydroxylation is 1. The number of carbonyl (C=O) groups is 1. The molecule has 1 N–H and O–H groups in total. The van der Waals surface area contributed by atoms with Crippen LogP contribution in [0.1, 0.15) is 36.6 Å². The maximum atomic E-state index is 12.9. The zero-order valence-corrected chi connectivity index (χ0v) is 17.5. The average molecular weight is 409 g/mol. The molecule has 0 radical (unpaired) electrons. The van der Waals surface area contributed by atoms with Crippen molar-refractivity contribution in [2.24, 2.45) is 17.8 Å². The number of nitriles is 1. The molecule has 0 unspecified atom stereocenters. The SMILES string of the molecule is C[C@@H]1C(=O)[C@H](C#N)C[C@]2(c3ccccc3)c3nc(Nc4ccccc4)ncc3CC[C@@H]12. The number of anilines is 2. The van der Waals surface area contributed by atoms with Crippen LogP contribution in [0.5, 0.6) is 0 Å².